The molecule has 0 aliphatic carbocycles. The summed E-state index contributed by atoms with van der Waals surface area (Å²) >= 11 is 0.816. The number of nitrogens with one attached hydrogen (secondary N) is 2. The van der Waals surface area contributed by atoms with Crippen molar-refractivity contribution in [2.24, 2.45) is 7.05 Å². The van der Waals surface area contributed by atoms with E-state index >= 15 is 0 Å². The highest BCUT2D eigenvalue weighted by molar-refractivity contribution is 7.19. The van der Waals surface area contributed by atoms with Gasteiger partial charge in [-0.05, 0) is 31.4 Å². The largest absolute Gasteiger partial charge is 0.389 e. The lowest BCUT2D eigenvalue weighted by molar-refractivity contribution is 0.102. The Morgan fingerprint density at radius 1 is 1.26 bits per heavy atom. The Bertz CT molecular complexity index is 1180. The van der Waals surface area contributed by atoms with Gasteiger partial charge in [0.25, 0.3) is 12.3 Å². The molecule has 3 aromatic rings. The molecule has 0 unspecified atom stereocenters. The van der Waals surface area contributed by atoms with E-state index in [1.165, 1.54) is 12.3 Å². The van der Waals surface area contributed by atoms with Crippen molar-refractivity contribution in [2.75, 3.05) is 35.6 Å². The predicted molar refractivity (Wildman–Crippen MR) is 127 cm³/mol. The summed E-state index contributed by atoms with van der Waals surface area (Å²) in [4.78, 5) is 19.1. The second-order valence-corrected chi connectivity index (χ2v) is 9.23. The smallest absolute Gasteiger partial charge is 0.277 e. The lowest BCUT2D eigenvalue weighted by Gasteiger charge is -2.24. The van der Waals surface area contributed by atoms with Crippen molar-refractivity contribution in [2.45, 2.75) is 31.7 Å². The average molecular weight is 512 g/mol. The number of anilines is 3. The Labute approximate surface area is 203 Å². The fourth-order valence-corrected chi connectivity index (χ4v) is 5.02. The monoisotopic (exact) mass is 511 g/mol. The Kier molecular flexibility index (Phi) is 7.55. The average Bonchev–Trinajstić information content (AvgIpc) is 3.26. The fourth-order valence-electron chi connectivity index (χ4n) is 4.15. The van der Waals surface area contributed by atoms with Crippen molar-refractivity contribution in [3.05, 3.63) is 41.7 Å². The van der Waals surface area contributed by atoms with Gasteiger partial charge in [-0.15, -0.1) is 0 Å². The first-order valence-corrected chi connectivity index (χ1v) is 11.9. The van der Waals surface area contributed by atoms with Gasteiger partial charge in [-0.2, -0.15) is 5.10 Å². The highest BCUT2D eigenvalue weighted by Crippen LogP contribution is 2.34. The number of nitrogens with zero attached hydrogens (tertiary/aromatic N) is 4. The topological polar surface area (TPSA) is 101 Å². The summed E-state index contributed by atoms with van der Waals surface area (Å²) in [5.74, 6) is -1.59. The number of hydrogen-bond donors (Lipinski definition) is 3. The van der Waals surface area contributed by atoms with Crippen LogP contribution in [0.2, 0.25) is 0 Å². The Balaban J connectivity index is 1.51. The summed E-state index contributed by atoms with van der Waals surface area (Å²) in [7, 11) is 1.73. The summed E-state index contributed by atoms with van der Waals surface area (Å²) in [5.41, 5.74) is 5.90. The number of halogens is 4. The number of thiazole rings is 1. The Morgan fingerprint density at radius 3 is 2.71 bits per heavy atom. The van der Waals surface area contributed by atoms with Gasteiger partial charge < -0.3 is 21.3 Å². The first-order chi connectivity index (χ1) is 16.7. The number of benzene rings is 1. The SMILES string of the molecule is Cn1ncc(NC(=O)c2nc(-c3c(F)cccc3F)sc2N)c1N1CCC[C@@H](NCC(F)F)CC1. The lowest BCUT2D eigenvalue weighted by atomic mass is 10.1. The van der Waals surface area contributed by atoms with E-state index in [1.807, 2.05) is 4.90 Å². The molecule has 13 heteroatoms. The molecule has 35 heavy (non-hydrogen) atoms. The minimum absolute atomic E-state index is 0.0210. The van der Waals surface area contributed by atoms with Crippen LogP contribution in [0, 0.1) is 11.6 Å². The first-order valence-electron chi connectivity index (χ1n) is 11.0. The summed E-state index contributed by atoms with van der Waals surface area (Å²) in [6.45, 7) is 0.898. The van der Waals surface area contributed by atoms with Crippen LogP contribution in [0.25, 0.3) is 10.6 Å². The summed E-state index contributed by atoms with van der Waals surface area (Å²) < 4.78 is 55.0. The van der Waals surface area contributed by atoms with Crippen molar-refractivity contribution in [1.29, 1.82) is 0 Å². The number of carbonyl (C=O) groups excluding carboxylic acids is 1. The number of aryl methyl sites for hydroxylation is 1. The van der Waals surface area contributed by atoms with Gasteiger partial charge in [0.1, 0.15) is 27.3 Å². The van der Waals surface area contributed by atoms with Crippen LogP contribution in [0.5, 0.6) is 0 Å². The van der Waals surface area contributed by atoms with Gasteiger partial charge >= 0.3 is 0 Å². The number of nitrogens with two attached hydrogens (primary N) is 1. The minimum Gasteiger partial charge on any atom is -0.389 e. The Hall–Kier alpha value is -3.19. The van der Waals surface area contributed by atoms with E-state index in [1.54, 1.807) is 11.7 Å². The quantitative estimate of drug-likeness (QED) is 0.417. The molecule has 1 aromatic carbocycles. The normalized spacial score (nSPS) is 16.5. The third-order valence-corrected chi connectivity index (χ3v) is 6.69. The molecule has 1 aliphatic rings. The van der Waals surface area contributed by atoms with E-state index in [2.05, 4.69) is 20.7 Å². The van der Waals surface area contributed by atoms with Crippen LogP contribution in [0.3, 0.4) is 0 Å². The van der Waals surface area contributed by atoms with Crippen molar-refractivity contribution in [3.8, 4) is 10.6 Å². The van der Waals surface area contributed by atoms with Crippen LogP contribution in [-0.2, 0) is 7.05 Å². The molecule has 0 saturated carbocycles. The number of hydrogen-bond acceptors (Lipinski definition) is 7. The maximum Gasteiger partial charge on any atom is 0.277 e. The molecular weight excluding hydrogens is 486 g/mol. The van der Waals surface area contributed by atoms with Crippen molar-refractivity contribution in [1.82, 2.24) is 20.1 Å². The molecule has 0 bridgehead atoms. The zero-order chi connectivity index (χ0) is 25.1. The number of rotatable bonds is 7. The summed E-state index contributed by atoms with van der Waals surface area (Å²) in [6, 6.07) is 3.42. The Morgan fingerprint density at radius 2 is 2.00 bits per heavy atom. The van der Waals surface area contributed by atoms with E-state index in [0.717, 1.165) is 36.3 Å². The molecule has 1 atom stereocenters. The van der Waals surface area contributed by atoms with Gasteiger partial charge in [0, 0.05) is 26.2 Å². The van der Waals surface area contributed by atoms with Crippen molar-refractivity contribution in [3.63, 3.8) is 0 Å². The van der Waals surface area contributed by atoms with Crippen molar-refractivity contribution >= 4 is 33.8 Å². The molecule has 1 fully saturated rings. The standard InChI is InChI=1S/C22H25F4N7OS/c1-32-22(33-8-3-4-12(7-9-33)28-11-16(25)26)15(10-29-32)30-20(34)18-19(27)35-21(31-18)17-13(23)5-2-6-14(17)24/h2,5-6,10,12,16,28H,3-4,7-9,11,27H2,1H3,(H,30,34)/t12-/m1/s1. The summed E-state index contributed by atoms with van der Waals surface area (Å²) in [5, 5.41) is 9.87. The zero-order valence-electron chi connectivity index (χ0n) is 18.9. The molecule has 3 heterocycles. The number of amides is 1. The minimum atomic E-state index is -2.40. The van der Waals surface area contributed by atoms with Gasteiger partial charge in [0.05, 0.1) is 18.3 Å². The second-order valence-electron chi connectivity index (χ2n) is 8.20. The highest BCUT2D eigenvalue weighted by atomic mass is 32.1. The highest BCUT2D eigenvalue weighted by Gasteiger charge is 2.26. The van der Waals surface area contributed by atoms with E-state index in [9.17, 15) is 22.4 Å². The van der Waals surface area contributed by atoms with E-state index in [-0.39, 0.29) is 33.9 Å². The van der Waals surface area contributed by atoms with Crippen molar-refractivity contribution < 1.29 is 22.4 Å². The molecule has 4 N–H and O–H groups in total. The number of aromatic nitrogens is 3. The molecule has 1 amide bonds. The van der Waals surface area contributed by atoms with Crippen LogP contribution >= 0.6 is 11.3 Å². The number of nitrogen functional groups attached to an aromatic ring is 1. The molecule has 188 valence electrons. The molecule has 2 aromatic heterocycles. The first kappa shape index (κ1) is 24.9. The molecular formula is C22H25F4N7OS. The molecule has 0 radical (unpaired) electrons. The zero-order valence-corrected chi connectivity index (χ0v) is 19.7. The molecule has 1 aliphatic heterocycles. The van der Waals surface area contributed by atoms with Crippen LogP contribution in [0.15, 0.2) is 24.4 Å². The second kappa shape index (κ2) is 10.6. The predicted octanol–water partition coefficient (Wildman–Crippen LogP) is 3.87. The maximum atomic E-state index is 14.2. The molecule has 1 saturated heterocycles. The van der Waals surface area contributed by atoms with E-state index < -0.39 is 24.0 Å². The van der Waals surface area contributed by atoms with E-state index in [4.69, 9.17) is 5.73 Å². The van der Waals surface area contributed by atoms with Crippen LogP contribution in [0.4, 0.5) is 34.1 Å². The van der Waals surface area contributed by atoms with Crippen LogP contribution < -0.4 is 21.3 Å². The number of carbonyl (C=O) groups is 1. The maximum absolute atomic E-state index is 14.2. The molecule has 0 spiro atoms. The van der Waals surface area contributed by atoms with Crippen LogP contribution in [0.1, 0.15) is 29.8 Å². The van der Waals surface area contributed by atoms with Gasteiger partial charge in [-0.1, -0.05) is 17.4 Å². The van der Waals surface area contributed by atoms with Gasteiger partial charge in [0.15, 0.2) is 11.5 Å². The van der Waals surface area contributed by atoms with E-state index in [0.29, 0.717) is 31.0 Å². The molecule has 4 rings (SSSR count). The van der Waals surface area contributed by atoms with Crippen LogP contribution in [-0.4, -0.2) is 52.8 Å². The fraction of sp³-hybridized carbons (Fsp3) is 0.409. The van der Waals surface area contributed by atoms with Gasteiger partial charge in [-0.3, -0.25) is 9.48 Å². The lowest BCUT2D eigenvalue weighted by Crippen LogP contribution is -2.34. The third-order valence-electron chi connectivity index (χ3n) is 5.79. The van der Waals surface area contributed by atoms with Gasteiger partial charge in [0.2, 0.25) is 0 Å². The summed E-state index contributed by atoms with van der Waals surface area (Å²) in [6.07, 6.45) is 1.28. The van der Waals surface area contributed by atoms with Gasteiger partial charge in [-0.25, -0.2) is 22.5 Å². The third kappa shape index (κ3) is 5.56. The number of alkyl halides is 2. The molecule has 8 nitrogen and oxygen atoms in total.